The minimum Gasteiger partial charge on any atom is -0.480 e. The van der Waals surface area contributed by atoms with Crippen molar-refractivity contribution in [1.82, 2.24) is 4.90 Å². The van der Waals surface area contributed by atoms with E-state index in [0.717, 1.165) is 0 Å². The zero-order chi connectivity index (χ0) is 13.3. The van der Waals surface area contributed by atoms with Gasteiger partial charge in [0.1, 0.15) is 12.4 Å². The Hall–Kier alpha value is -2.24. The summed E-state index contributed by atoms with van der Waals surface area (Å²) in [5.41, 5.74) is 0.390. The number of halogens is 1. The van der Waals surface area contributed by atoms with Crippen LogP contribution in [0.25, 0.3) is 0 Å². The molecular weight excluding hydrogens is 241 g/mol. The van der Waals surface area contributed by atoms with Gasteiger partial charge in [0.05, 0.1) is 5.92 Å². The van der Waals surface area contributed by atoms with Crippen LogP contribution in [0.15, 0.2) is 24.3 Å². The maximum absolute atomic E-state index is 13.0. The molecule has 5 nitrogen and oxygen atoms in total. The maximum atomic E-state index is 13.0. The van der Waals surface area contributed by atoms with Crippen LogP contribution >= 0.6 is 0 Å². The van der Waals surface area contributed by atoms with Crippen LogP contribution < -0.4 is 0 Å². The Kier molecular flexibility index (Phi) is 3.10. The normalized spacial score (nSPS) is 19.4. The molecule has 1 aliphatic rings. The van der Waals surface area contributed by atoms with Crippen LogP contribution in [-0.4, -0.2) is 34.3 Å². The maximum Gasteiger partial charge on any atom is 0.323 e. The lowest BCUT2D eigenvalue weighted by Gasteiger charge is -2.12. The molecule has 1 aliphatic heterocycles. The van der Waals surface area contributed by atoms with Crippen LogP contribution in [-0.2, 0) is 14.4 Å². The zero-order valence-corrected chi connectivity index (χ0v) is 9.30. The summed E-state index contributed by atoms with van der Waals surface area (Å²) in [7, 11) is 0. The van der Waals surface area contributed by atoms with Crippen molar-refractivity contribution in [3.8, 4) is 0 Å². The quantitative estimate of drug-likeness (QED) is 0.804. The number of aliphatic carboxylic acids is 1. The van der Waals surface area contributed by atoms with Gasteiger partial charge in [-0.25, -0.2) is 4.39 Å². The van der Waals surface area contributed by atoms with Gasteiger partial charge in [-0.05, 0) is 17.7 Å². The first-order valence-electron chi connectivity index (χ1n) is 5.30. The van der Waals surface area contributed by atoms with E-state index in [4.69, 9.17) is 5.11 Å². The van der Waals surface area contributed by atoms with E-state index in [0.29, 0.717) is 10.5 Å². The highest BCUT2D eigenvalue weighted by Crippen LogP contribution is 2.29. The molecule has 1 atom stereocenters. The number of benzene rings is 1. The van der Waals surface area contributed by atoms with E-state index in [1.54, 1.807) is 6.07 Å². The highest BCUT2D eigenvalue weighted by atomic mass is 19.1. The third-order valence-corrected chi connectivity index (χ3v) is 2.79. The molecule has 0 radical (unpaired) electrons. The molecule has 6 heteroatoms. The van der Waals surface area contributed by atoms with Gasteiger partial charge in [0.25, 0.3) is 0 Å². The van der Waals surface area contributed by atoms with E-state index in [1.165, 1.54) is 18.2 Å². The Morgan fingerprint density at radius 1 is 1.44 bits per heavy atom. The fourth-order valence-corrected chi connectivity index (χ4v) is 1.97. The Morgan fingerprint density at radius 2 is 2.17 bits per heavy atom. The van der Waals surface area contributed by atoms with Crippen molar-refractivity contribution in [2.45, 2.75) is 12.3 Å². The van der Waals surface area contributed by atoms with Gasteiger partial charge in [-0.15, -0.1) is 0 Å². The van der Waals surface area contributed by atoms with Gasteiger partial charge in [0, 0.05) is 6.42 Å². The summed E-state index contributed by atoms with van der Waals surface area (Å²) >= 11 is 0. The molecule has 0 bridgehead atoms. The van der Waals surface area contributed by atoms with E-state index >= 15 is 0 Å². The Bertz CT molecular complexity index is 529. The van der Waals surface area contributed by atoms with Gasteiger partial charge in [-0.1, -0.05) is 12.1 Å². The molecule has 2 amide bonds. The van der Waals surface area contributed by atoms with Crippen molar-refractivity contribution in [2.24, 2.45) is 0 Å². The number of imide groups is 1. The lowest BCUT2D eigenvalue weighted by Crippen LogP contribution is -2.35. The molecule has 0 spiro atoms. The summed E-state index contributed by atoms with van der Waals surface area (Å²) in [4.78, 5) is 34.6. The van der Waals surface area contributed by atoms with Crippen LogP contribution in [0.3, 0.4) is 0 Å². The standard InChI is InChI=1S/C12H10FNO4/c13-8-3-1-2-7(4-8)9-5-10(15)14(12(9)18)6-11(16)17/h1-4,9H,5-6H2,(H,16,17). The average Bonchev–Trinajstić information content (AvgIpc) is 2.56. The van der Waals surface area contributed by atoms with E-state index in [-0.39, 0.29) is 6.42 Å². The SMILES string of the molecule is O=C(O)CN1C(=O)CC(c2cccc(F)c2)C1=O. The summed E-state index contributed by atoms with van der Waals surface area (Å²) in [6, 6.07) is 5.41. The number of carbonyl (C=O) groups excluding carboxylic acids is 2. The fourth-order valence-electron chi connectivity index (χ4n) is 1.97. The van der Waals surface area contributed by atoms with Crippen molar-refractivity contribution >= 4 is 17.8 Å². The van der Waals surface area contributed by atoms with Gasteiger partial charge >= 0.3 is 5.97 Å². The Balaban J connectivity index is 2.25. The number of carboxylic acid groups (broad SMARTS) is 1. The largest absolute Gasteiger partial charge is 0.480 e. The van der Waals surface area contributed by atoms with Crippen LogP contribution in [0, 0.1) is 5.82 Å². The summed E-state index contributed by atoms with van der Waals surface area (Å²) in [5.74, 6) is -3.67. The Labute approximate surface area is 102 Å². The van der Waals surface area contributed by atoms with Crippen molar-refractivity contribution in [3.63, 3.8) is 0 Å². The second kappa shape index (κ2) is 4.56. The van der Waals surface area contributed by atoms with Gasteiger partial charge < -0.3 is 5.11 Å². The number of nitrogens with zero attached hydrogens (tertiary/aromatic N) is 1. The highest BCUT2D eigenvalue weighted by molar-refractivity contribution is 6.07. The third kappa shape index (κ3) is 2.22. The molecule has 94 valence electrons. The predicted octanol–water partition coefficient (Wildman–Crippen LogP) is 0.753. The van der Waals surface area contributed by atoms with E-state index in [2.05, 4.69) is 0 Å². The van der Waals surface area contributed by atoms with E-state index in [9.17, 15) is 18.8 Å². The van der Waals surface area contributed by atoms with Gasteiger partial charge in [0.2, 0.25) is 11.8 Å². The van der Waals surface area contributed by atoms with Crippen molar-refractivity contribution in [1.29, 1.82) is 0 Å². The monoisotopic (exact) mass is 251 g/mol. The first-order chi connectivity index (χ1) is 8.49. The Morgan fingerprint density at radius 3 is 2.78 bits per heavy atom. The molecule has 1 unspecified atom stereocenters. The number of carbonyl (C=O) groups is 3. The topological polar surface area (TPSA) is 74.7 Å². The van der Waals surface area contributed by atoms with Crippen LogP contribution in [0.2, 0.25) is 0 Å². The van der Waals surface area contributed by atoms with Crippen molar-refractivity contribution < 1.29 is 23.9 Å². The molecule has 1 fully saturated rings. The van der Waals surface area contributed by atoms with Crippen molar-refractivity contribution in [3.05, 3.63) is 35.6 Å². The molecule has 1 aromatic carbocycles. The number of likely N-dealkylation sites (tertiary alicyclic amines) is 1. The summed E-state index contributed by atoms with van der Waals surface area (Å²) < 4.78 is 13.0. The molecule has 18 heavy (non-hydrogen) atoms. The van der Waals surface area contributed by atoms with Crippen LogP contribution in [0.5, 0.6) is 0 Å². The summed E-state index contributed by atoms with van der Waals surface area (Å²) in [6.07, 6.45) is -0.116. The fraction of sp³-hybridized carbons (Fsp3) is 0.250. The number of carboxylic acids is 1. The smallest absolute Gasteiger partial charge is 0.323 e. The summed E-state index contributed by atoms with van der Waals surface area (Å²) in [6.45, 7) is -0.649. The third-order valence-electron chi connectivity index (χ3n) is 2.79. The van der Waals surface area contributed by atoms with E-state index in [1.807, 2.05) is 0 Å². The zero-order valence-electron chi connectivity index (χ0n) is 9.30. The molecule has 1 N–H and O–H groups in total. The molecule has 1 aromatic rings. The van der Waals surface area contributed by atoms with Gasteiger partial charge in [-0.2, -0.15) is 0 Å². The number of hydrogen-bond donors (Lipinski definition) is 1. The number of amides is 2. The average molecular weight is 251 g/mol. The van der Waals surface area contributed by atoms with Gasteiger partial charge in [-0.3, -0.25) is 19.3 Å². The predicted molar refractivity (Wildman–Crippen MR) is 58.1 cm³/mol. The van der Waals surface area contributed by atoms with Gasteiger partial charge in [0.15, 0.2) is 0 Å². The molecule has 1 saturated heterocycles. The first-order valence-corrected chi connectivity index (χ1v) is 5.30. The lowest BCUT2D eigenvalue weighted by atomic mass is 9.97. The molecule has 0 saturated carbocycles. The second-order valence-corrected chi connectivity index (χ2v) is 4.02. The number of rotatable bonds is 3. The molecular formula is C12H10FNO4. The van der Waals surface area contributed by atoms with Crippen LogP contribution in [0.4, 0.5) is 4.39 Å². The molecule has 0 aliphatic carbocycles. The molecule has 0 aromatic heterocycles. The lowest BCUT2D eigenvalue weighted by molar-refractivity contribution is -0.148. The van der Waals surface area contributed by atoms with Crippen LogP contribution in [0.1, 0.15) is 17.9 Å². The molecule has 2 rings (SSSR count). The van der Waals surface area contributed by atoms with E-state index < -0.39 is 36.1 Å². The minimum absolute atomic E-state index is 0.116. The second-order valence-electron chi connectivity index (χ2n) is 4.02. The molecule has 1 heterocycles. The summed E-state index contributed by atoms with van der Waals surface area (Å²) in [5, 5.41) is 8.60. The highest BCUT2D eigenvalue weighted by Gasteiger charge is 2.40. The minimum atomic E-state index is -1.25. The first kappa shape index (κ1) is 12.2. The van der Waals surface area contributed by atoms with Crippen molar-refractivity contribution in [2.75, 3.05) is 6.54 Å². The number of hydrogen-bond acceptors (Lipinski definition) is 3.